The standard InChI is InChI=1S/C21H30N4O2/c1-15-5-6-18(23-12-15)24-19(26)16-7-10-25(11-8-16)20(27)21-9-3-2-4-17(21)13-22-14-21/h5-6,12,16-17,22H,2-4,7-11,13-14H2,1H3,(H,23,24,26)/t17-,21+/m0/s1. The minimum Gasteiger partial charge on any atom is -0.342 e. The molecule has 4 rings (SSSR count). The number of piperidine rings is 1. The Labute approximate surface area is 161 Å². The molecule has 2 N–H and O–H groups in total. The van der Waals surface area contributed by atoms with Crippen molar-refractivity contribution in [3.8, 4) is 0 Å². The van der Waals surface area contributed by atoms with Crippen LogP contribution in [0.3, 0.4) is 0 Å². The third-order valence-electron chi connectivity index (χ3n) is 6.78. The lowest BCUT2D eigenvalue weighted by atomic mass is 9.67. The van der Waals surface area contributed by atoms with Crippen molar-refractivity contribution in [3.05, 3.63) is 23.9 Å². The van der Waals surface area contributed by atoms with Gasteiger partial charge in [-0.15, -0.1) is 0 Å². The molecule has 0 spiro atoms. The maximum Gasteiger partial charge on any atom is 0.230 e. The van der Waals surface area contributed by atoms with E-state index < -0.39 is 0 Å². The molecule has 2 amide bonds. The highest BCUT2D eigenvalue weighted by Crippen LogP contribution is 2.45. The van der Waals surface area contributed by atoms with E-state index in [1.165, 1.54) is 12.8 Å². The summed E-state index contributed by atoms with van der Waals surface area (Å²) >= 11 is 0. The molecule has 1 aliphatic carbocycles. The van der Waals surface area contributed by atoms with E-state index >= 15 is 0 Å². The number of amides is 2. The summed E-state index contributed by atoms with van der Waals surface area (Å²) in [4.78, 5) is 32.2. The van der Waals surface area contributed by atoms with Gasteiger partial charge in [0.25, 0.3) is 0 Å². The average Bonchev–Trinajstić information content (AvgIpc) is 3.14. The van der Waals surface area contributed by atoms with Crippen molar-refractivity contribution in [2.75, 3.05) is 31.5 Å². The van der Waals surface area contributed by atoms with Crippen molar-refractivity contribution in [1.82, 2.24) is 15.2 Å². The minimum absolute atomic E-state index is 0.0229. The molecule has 146 valence electrons. The number of likely N-dealkylation sites (tertiary alicyclic amines) is 1. The highest BCUT2D eigenvalue weighted by atomic mass is 16.2. The van der Waals surface area contributed by atoms with Crippen LogP contribution in [0, 0.1) is 24.2 Å². The first kappa shape index (κ1) is 18.4. The van der Waals surface area contributed by atoms with Gasteiger partial charge >= 0.3 is 0 Å². The number of hydrogen-bond acceptors (Lipinski definition) is 4. The fourth-order valence-electron chi connectivity index (χ4n) is 5.10. The van der Waals surface area contributed by atoms with Crippen molar-refractivity contribution >= 4 is 17.6 Å². The van der Waals surface area contributed by atoms with Crippen LogP contribution in [0.15, 0.2) is 18.3 Å². The molecule has 0 radical (unpaired) electrons. The van der Waals surface area contributed by atoms with Crippen LogP contribution in [0.25, 0.3) is 0 Å². The number of fused-ring (bicyclic) bond motifs is 1. The van der Waals surface area contributed by atoms with Crippen molar-refractivity contribution in [1.29, 1.82) is 0 Å². The number of carbonyl (C=O) groups excluding carboxylic acids is 2. The number of nitrogens with zero attached hydrogens (tertiary/aromatic N) is 2. The Kier molecular flexibility index (Phi) is 5.17. The highest BCUT2D eigenvalue weighted by Gasteiger charge is 2.51. The van der Waals surface area contributed by atoms with Crippen LogP contribution in [-0.4, -0.2) is 47.9 Å². The second kappa shape index (κ2) is 7.58. The summed E-state index contributed by atoms with van der Waals surface area (Å²) in [5.41, 5.74) is 0.890. The first-order chi connectivity index (χ1) is 13.1. The van der Waals surface area contributed by atoms with Crippen molar-refractivity contribution in [2.45, 2.75) is 45.4 Å². The molecule has 6 heteroatoms. The van der Waals surface area contributed by atoms with Gasteiger partial charge in [0.05, 0.1) is 5.41 Å². The number of anilines is 1. The van der Waals surface area contributed by atoms with Crippen LogP contribution in [0.1, 0.15) is 44.1 Å². The lowest BCUT2D eigenvalue weighted by Gasteiger charge is -2.42. The summed E-state index contributed by atoms with van der Waals surface area (Å²) in [5, 5.41) is 6.38. The smallest absolute Gasteiger partial charge is 0.230 e. The Morgan fingerprint density at radius 3 is 2.78 bits per heavy atom. The topological polar surface area (TPSA) is 74.3 Å². The van der Waals surface area contributed by atoms with Gasteiger partial charge in [-0.25, -0.2) is 4.98 Å². The van der Waals surface area contributed by atoms with Crippen molar-refractivity contribution in [3.63, 3.8) is 0 Å². The SMILES string of the molecule is Cc1ccc(NC(=O)C2CCN(C(=O)[C@@]34CCCC[C@H]3CNC4)CC2)nc1. The second-order valence-corrected chi connectivity index (χ2v) is 8.51. The fraction of sp³-hybridized carbons (Fsp3) is 0.667. The molecule has 3 aliphatic rings. The Morgan fingerprint density at radius 1 is 1.22 bits per heavy atom. The van der Waals surface area contributed by atoms with Gasteiger partial charge < -0.3 is 15.5 Å². The van der Waals surface area contributed by atoms with E-state index in [0.29, 0.717) is 30.7 Å². The summed E-state index contributed by atoms with van der Waals surface area (Å²) < 4.78 is 0. The normalized spacial score (nSPS) is 28.6. The van der Waals surface area contributed by atoms with Crippen LogP contribution < -0.4 is 10.6 Å². The zero-order valence-corrected chi connectivity index (χ0v) is 16.2. The second-order valence-electron chi connectivity index (χ2n) is 8.51. The van der Waals surface area contributed by atoms with Gasteiger partial charge in [-0.05, 0) is 56.7 Å². The predicted molar refractivity (Wildman–Crippen MR) is 104 cm³/mol. The lowest BCUT2D eigenvalue weighted by molar-refractivity contribution is -0.147. The number of pyridine rings is 1. The van der Waals surface area contributed by atoms with Crippen LogP contribution in [-0.2, 0) is 9.59 Å². The number of nitrogens with one attached hydrogen (secondary N) is 2. The minimum atomic E-state index is -0.181. The van der Waals surface area contributed by atoms with Gasteiger partial charge in [-0.2, -0.15) is 0 Å². The van der Waals surface area contributed by atoms with Crippen LogP contribution in [0.5, 0.6) is 0 Å². The van der Waals surface area contributed by atoms with E-state index in [-0.39, 0.29) is 17.2 Å². The molecule has 2 aliphatic heterocycles. The van der Waals surface area contributed by atoms with Crippen molar-refractivity contribution < 1.29 is 9.59 Å². The molecule has 1 aromatic rings. The van der Waals surface area contributed by atoms with Gasteiger partial charge in [0, 0.05) is 31.7 Å². The summed E-state index contributed by atoms with van der Waals surface area (Å²) in [6.45, 7) is 5.16. The first-order valence-electron chi connectivity index (χ1n) is 10.3. The largest absolute Gasteiger partial charge is 0.342 e. The number of carbonyl (C=O) groups is 2. The summed E-state index contributed by atoms with van der Waals surface area (Å²) in [6, 6.07) is 3.78. The summed E-state index contributed by atoms with van der Waals surface area (Å²) in [5.74, 6) is 1.40. The van der Waals surface area contributed by atoms with Crippen LogP contribution in [0.2, 0.25) is 0 Å². The highest BCUT2D eigenvalue weighted by molar-refractivity contribution is 5.92. The van der Waals surface area contributed by atoms with E-state index in [2.05, 4.69) is 15.6 Å². The zero-order valence-electron chi connectivity index (χ0n) is 16.2. The third kappa shape index (κ3) is 3.59. The van der Waals surface area contributed by atoms with Gasteiger partial charge in [0.15, 0.2) is 0 Å². The Morgan fingerprint density at radius 2 is 2.04 bits per heavy atom. The van der Waals surface area contributed by atoms with Crippen LogP contribution in [0.4, 0.5) is 5.82 Å². The molecule has 3 fully saturated rings. The number of hydrogen-bond donors (Lipinski definition) is 2. The predicted octanol–water partition coefficient (Wildman–Crippen LogP) is 2.35. The first-order valence-corrected chi connectivity index (χ1v) is 10.3. The molecular weight excluding hydrogens is 340 g/mol. The summed E-state index contributed by atoms with van der Waals surface area (Å²) in [7, 11) is 0. The number of aromatic nitrogens is 1. The van der Waals surface area contributed by atoms with Gasteiger partial charge in [0.1, 0.15) is 5.82 Å². The molecule has 0 bridgehead atoms. The molecule has 1 aromatic heterocycles. The van der Waals surface area contributed by atoms with E-state index in [1.54, 1.807) is 6.20 Å². The van der Waals surface area contributed by atoms with Gasteiger partial charge in [-0.3, -0.25) is 9.59 Å². The van der Waals surface area contributed by atoms with Gasteiger partial charge in [-0.1, -0.05) is 18.9 Å². The zero-order chi connectivity index (χ0) is 18.9. The molecular formula is C21H30N4O2. The average molecular weight is 370 g/mol. The maximum absolute atomic E-state index is 13.3. The molecule has 0 aromatic carbocycles. The van der Waals surface area contributed by atoms with E-state index in [4.69, 9.17) is 0 Å². The molecule has 1 saturated carbocycles. The van der Waals surface area contributed by atoms with E-state index in [1.807, 2.05) is 24.0 Å². The Balaban J connectivity index is 1.34. The molecule has 27 heavy (non-hydrogen) atoms. The Hall–Kier alpha value is -1.95. The lowest BCUT2D eigenvalue weighted by Crippen LogP contribution is -2.52. The quantitative estimate of drug-likeness (QED) is 0.856. The van der Waals surface area contributed by atoms with Gasteiger partial charge in [0.2, 0.25) is 11.8 Å². The molecule has 0 unspecified atom stereocenters. The fourth-order valence-corrected chi connectivity index (χ4v) is 5.10. The monoisotopic (exact) mass is 370 g/mol. The molecule has 2 saturated heterocycles. The maximum atomic E-state index is 13.3. The number of aryl methyl sites for hydroxylation is 1. The van der Waals surface area contributed by atoms with Crippen molar-refractivity contribution in [2.24, 2.45) is 17.3 Å². The molecule has 2 atom stereocenters. The number of rotatable bonds is 3. The summed E-state index contributed by atoms with van der Waals surface area (Å²) in [6.07, 6.45) is 7.81. The Bertz CT molecular complexity index is 697. The van der Waals surface area contributed by atoms with E-state index in [0.717, 1.165) is 44.3 Å². The van der Waals surface area contributed by atoms with E-state index in [9.17, 15) is 9.59 Å². The third-order valence-corrected chi connectivity index (χ3v) is 6.78. The van der Waals surface area contributed by atoms with Crippen LogP contribution >= 0.6 is 0 Å². The molecule has 3 heterocycles. The molecule has 6 nitrogen and oxygen atoms in total.